The number of nitrogens with one attached hydrogen (secondary N) is 1. The van der Waals surface area contributed by atoms with Crippen molar-refractivity contribution in [3.05, 3.63) is 23.3 Å². The standard InChI is InChI=1S/C27H43N3O4/c1-17(2)9-21-15-29-8-7-20-11-25(32-5)26(33-6)12-23(20)24(29)10-22(21)16-34-27(31)30-18(3)13-28-14-19(30)4/h11-12,17-19,21-22,24,28H,7-10,13-16H2,1-6H3/t18-,19+,21-,22+,24-/m1/s1. The summed E-state index contributed by atoms with van der Waals surface area (Å²) < 4.78 is 17.2. The summed E-state index contributed by atoms with van der Waals surface area (Å²) in [6, 6.07) is 4.94. The van der Waals surface area contributed by atoms with E-state index in [2.05, 4.69) is 50.0 Å². The van der Waals surface area contributed by atoms with Crippen molar-refractivity contribution in [2.45, 2.75) is 65.1 Å². The molecule has 0 aromatic heterocycles. The van der Waals surface area contributed by atoms with Gasteiger partial charge in [-0.15, -0.1) is 0 Å². The van der Waals surface area contributed by atoms with E-state index >= 15 is 0 Å². The fraction of sp³-hybridized carbons (Fsp3) is 0.741. The number of nitrogens with zero attached hydrogens (tertiary/aromatic N) is 2. The van der Waals surface area contributed by atoms with Crippen LogP contribution in [0.5, 0.6) is 11.5 Å². The maximum absolute atomic E-state index is 13.1. The average Bonchev–Trinajstić information content (AvgIpc) is 2.81. The fourth-order valence-corrected chi connectivity index (χ4v) is 6.33. The molecule has 1 amide bonds. The molecule has 34 heavy (non-hydrogen) atoms. The highest BCUT2D eigenvalue weighted by atomic mass is 16.6. The Labute approximate surface area is 205 Å². The number of ether oxygens (including phenoxy) is 3. The van der Waals surface area contributed by atoms with Crippen LogP contribution in [0.4, 0.5) is 4.79 Å². The van der Waals surface area contributed by atoms with Crippen LogP contribution in [0, 0.1) is 17.8 Å². The summed E-state index contributed by atoms with van der Waals surface area (Å²) in [4.78, 5) is 17.6. The van der Waals surface area contributed by atoms with Crippen LogP contribution in [0.25, 0.3) is 0 Å². The largest absolute Gasteiger partial charge is 0.493 e. The van der Waals surface area contributed by atoms with Gasteiger partial charge in [0.1, 0.15) is 0 Å². The summed E-state index contributed by atoms with van der Waals surface area (Å²) in [6.45, 7) is 13.0. The van der Waals surface area contributed by atoms with E-state index in [-0.39, 0.29) is 18.2 Å². The van der Waals surface area contributed by atoms with Crippen LogP contribution in [-0.2, 0) is 11.2 Å². The normalized spacial score (nSPS) is 29.4. The molecule has 1 N–H and O–H groups in total. The van der Waals surface area contributed by atoms with Gasteiger partial charge in [-0.3, -0.25) is 4.90 Å². The maximum atomic E-state index is 13.1. The van der Waals surface area contributed by atoms with Crippen LogP contribution in [0.2, 0.25) is 0 Å². The topological polar surface area (TPSA) is 63.3 Å². The zero-order valence-corrected chi connectivity index (χ0v) is 21.8. The molecule has 3 aliphatic rings. The predicted molar refractivity (Wildman–Crippen MR) is 134 cm³/mol. The first-order chi connectivity index (χ1) is 16.3. The number of methoxy groups -OCH3 is 2. The van der Waals surface area contributed by atoms with Crippen LogP contribution in [-0.4, -0.2) is 75.0 Å². The molecule has 1 aromatic rings. The molecule has 0 spiro atoms. The van der Waals surface area contributed by atoms with Gasteiger partial charge in [0, 0.05) is 44.3 Å². The molecule has 0 bridgehead atoms. The Bertz CT molecular complexity index is 851. The smallest absolute Gasteiger partial charge is 0.410 e. The molecule has 4 rings (SSSR count). The highest BCUT2D eigenvalue weighted by Gasteiger charge is 2.40. The molecular weight excluding hydrogens is 430 g/mol. The lowest BCUT2D eigenvalue weighted by Crippen LogP contribution is -2.57. The van der Waals surface area contributed by atoms with E-state index < -0.39 is 0 Å². The second-order valence-electron chi connectivity index (χ2n) is 10.9. The third kappa shape index (κ3) is 5.15. The number of hydrogen-bond acceptors (Lipinski definition) is 6. The first-order valence-electron chi connectivity index (χ1n) is 13.0. The van der Waals surface area contributed by atoms with Gasteiger partial charge in [0.2, 0.25) is 0 Å². The van der Waals surface area contributed by atoms with E-state index in [0.717, 1.165) is 56.9 Å². The van der Waals surface area contributed by atoms with Gasteiger partial charge >= 0.3 is 6.09 Å². The molecule has 2 fully saturated rings. The van der Waals surface area contributed by atoms with Crippen LogP contribution >= 0.6 is 0 Å². The van der Waals surface area contributed by atoms with E-state index in [9.17, 15) is 4.79 Å². The molecule has 3 aliphatic heterocycles. The monoisotopic (exact) mass is 473 g/mol. The second kappa shape index (κ2) is 10.7. The Morgan fingerprint density at radius 1 is 1.09 bits per heavy atom. The van der Waals surface area contributed by atoms with Crippen molar-refractivity contribution in [3.63, 3.8) is 0 Å². The number of fused-ring (bicyclic) bond motifs is 3. The van der Waals surface area contributed by atoms with Crippen molar-refractivity contribution in [1.82, 2.24) is 15.1 Å². The van der Waals surface area contributed by atoms with Crippen molar-refractivity contribution in [3.8, 4) is 11.5 Å². The van der Waals surface area contributed by atoms with Gasteiger partial charge in [-0.2, -0.15) is 0 Å². The van der Waals surface area contributed by atoms with Crippen LogP contribution < -0.4 is 14.8 Å². The Kier molecular flexibility index (Phi) is 7.93. The van der Waals surface area contributed by atoms with Crippen molar-refractivity contribution < 1.29 is 19.0 Å². The predicted octanol–water partition coefficient (Wildman–Crippen LogP) is 4.10. The number of amides is 1. The van der Waals surface area contributed by atoms with Crippen molar-refractivity contribution in [2.75, 3.05) is 47.0 Å². The van der Waals surface area contributed by atoms with Gasteiger partial charge < -0.3 is 24.4 Å². The number of hydrogen-bond donors (Lipinski definition) is 1. The number of piperazine rings is 1. The number of carbonyl (C=O) groups excluding carboxylic acids is 1. The number of piperidine rings is 1. The van der Waals surface area contributed by atoms with Gasteiger partial charge in [0.05, 0.1) is 20.8 Å². The van der Waals surface area contributed by atoms with Gasteiger partial charge in [-0.05, 0) is 74.1 Å². The van der Waals surface area contributed by atoms with Crippen molar-refractivity contribution in [2.24, 2.45) is 17.8 Å². The first-order valence-corrected chi connectivity index (χ1v) is 13.0. The third-order valence-corrected chi connectivity index (χ3v) is 8.01. The highest BCUT2D eigenvalue weighted by Crippen LogP contribution is 2.45. The van der Waals surface area contributed by atoms with E-state index in [1.165, 1.54) is 11.1 Å². The van der Waals surface area contributed by atoms with E-state index in [1.807, 2.05) is 4.90 Å². The number of rotatable bonds is 6. The van der Waals surface area contributed by atoms with Crippen LogP contribution in [0.1, 0.15) is 57.7 Å². The van der Waals surface area contributed by atoms with Gasteiger partial charge in [-0.25, -0.2) is 4.79 Å². The molecule has 3 heterocycles. The first kappa shape index (κ1) is 25.1. The minimum Gasteiger partial charge on any atom is -0.493 e. The van der Waals surface area contributed by atoms with Gasteiger partial charge in [0.15, 0.2) is 11.5 Å². The Morgan fingerprint density at radius 3 is 2.41 bits per heavy atom. The molecule has 7 heteroatoms. The summed E-state index contributed by atoms with van der Waals surface area (Å²) in [5.41, 5.74) is 2.69. The summed E-state index contributed by atoms with van der Waals surface area (Å²) >= 11 is 0. The molecule has 0 aliphatic carbocycles. The average molecular weight is 474 g/mol. The molecule has 0 saturated carbocycles. The number of carbonyl (C=O) groups is 1. The fourth-order valence-electron chi connectivity index (χ4n) is 6.33. The summed E-state index contributed by atoms with van der Waals surface area (Å²) in [5.74, 6) is 3.09. The molecule has 0 unspecified atom stereocenters. The highest BCUT2D eigenvalue weighted by molar-refractivity contribution is 5.68. The van der Waals surface area contributed by atoms with E-state index in [0.29, 0.717) is 30.4 Å². The minimum atomic E-state index is -0.164. The molecule has 2 saturated heterocycles. The summed E-state index contributed by atoms with van der Waals surface area (Å²) in [5, 5.41) is 3.39. The van der Waals surface area contributed by atoms with Gasteiger partial charge in [-0.1, -0.05) is 13.8 Å². The Morgan fingerprint density at radius 2 is 1.76 bits per heavy atom. The lowest BCUT2D eigenvalue weighted by molar-refractivity contribution is -0.00223. The third-order valence-electron chi connectivity index (χ3n) is 8.01. The van der Waals surface area contributed by atoms with Crippen LogP contribution in [0.15, 0.2) is 12.1 Å². The van der Waals surface area contributed by atoms with Gasteiger partial charge in [0.25, 0.3) is 0 Å². The quantitative estimate of drug-likeness (QED) is 0.671. The molecule has 5 atom stereocenters. The summed E-state index contributed by atoms with van der Waals surface area (Å²) in [6.07, 6.45) is 3.02. The van der Waals surface area contributed by atoms with Crippen LogP contribution in [0.3, 0.4) is 0 Å². The Hall–Kier alpha value is -1.99. The minimum absolute atomic E-state index is 0.150. The molecule has 0 radical (unpaired) electrons. The number of benzene rings is 1. The maximum Gasteiger partial charge on any atom is 0.410 e. The lowest BCUT2D eigenvalue weighted by atomic mass is 9.74. The second-order valence-corrected chi connectivity index (χ2v) is 10.9. The summed E-state index contributed by atoms with van der Waals surface area (Å²) in [7, 11) is 3.39. The Balaban J connectivity index is 1.52. The zero-order chi connectivity index (χ0) is 24.4. The zero-order valence-electron chi connectivity index (χ0n) is 21.8. The van der Waals surface area contributed by atoms with E-state index in [4.69, 9.17) is 14.2 Å². The molecule has 1 aromatic carbocycles. The molecular formula is C27H43N3O4. The molecule has 190 valence electrons. The SMILES string of the molecule is COc1cc2c(cc1OC)[C@H]1C[C@@H](COC(=O)N3[C@H](C)CNC[C@@H]3C)[C@H](CC(C)C)CN1CC2. The lowest BCUT2D eigenvalue weighted by Gasteiger charge is -2.48. The van der Waals surface area contributed by atoms with Crippen molar-refractivity contribution >= 4 is 6.09 Å². The van der Waals surface area contributed by atoms with E-state index in [1.54, 1.807) is 14.2 Å². The molecule has 7 nitrogen and oxygen atoms in total. The van der Waals surface area contributed by atoms with Crippen molar-refractivity contribution in [1.29, 1.82) is 0 Å².